The van der Waals surface area contributed by atoms with Crippen molar-refractivity contribution in [2.75, 3.05) is 19.5 Å². The van der Waals surface area contributed by atoms with E-state index in [0.717, 1.165) is 0 Å². The van der Waals surface area contributed by atoms with Gasteiger partial charge in [0.25, 0.3) is 0 Å². The number of hydrogen-bond donors (Lipinski definition) is 1. The van der Waals surface area contributed by atoms with Crippen molar-refractivity contribution in [1.29, 1.82) is 0 Å². The molecule has 178 valence electrons. The zero-order valence-corrected chi connectivity index (χ0v) is 18.8. The van der Waals surface area contributed by atoms with Crippen molar-refractivity contribution in [1.82, 2.24) is 9.97 Å². The summed E-state index contributed by atoms with van der Waals surface area (Å²) in [4.78, 5) is 19.7. The molecule has 0 aliphatic rings. The normalized spacial score (nSPS) is 11.6. The second-order valence-corrected chi connectivity index (χ2v) is 7.19. The lowest BCUT2D eigenvalue weighted by Crippen LogP contribution is -2.12. The predicted molar refractivity (Wildman–Crippen MR) is 120 cm³/mol. The molecule has 0 radical (unpaired) electrons. The Morgan fingerprint density at radius 1 is 1.09 bits per heavy atom. The van der Waals surface area contributed by atoms with E-state index >= 15 is 0 Å². The Hall–Kier alpha value is -3.79. The van der Waals surface area contributed by atoms with Crippen molar-refractivity contribution < 1.29 is 32.2 Å². The minimum atomic E-state index is -4.73. The fourth-order valence-electron chi connectivity index (χ4n) is 2.87. The van der Waals surface area contributed by atoms with Gasteiger partial charge in [0.05, 0.1) is 20.5 Å². The van der Waals surface area contributed by atoms with E-state index in [1.807, 2.05) is 0 Å². The summed E-state index contributed by atoms with van der Waals surface area (Å²) in [7, 11) is 2.59. The highest BCUT2D eigenvalue weighted by molar-refractivity contribution is 6.30. The van der Waals surface area contributed by atoms with Crippen LogP contribution >= 0.6 is 11.6 Å². The number of esters is 1. The number of rotatable bonds is 8. The predicted octanol–water partition coefficient (Wildman–Crippen LogP) is 5.63. The Balaban J connectivity index is 1.91. The fraction of sp³-hybridized carbons (Fsp3) is 0.174. The molecule has 7 nitrogen and oxygen atoms in total. The van der Waals surface area contributed by atoms with E-state index in [9.17, 15) is 18.0 Å². The van der Waals surface area contributed by atoms with Gasteiger partial charge in [0.15, 0.2) is 5.69 Å². The topological polar surface area (TPSA) is 82.6 Å². The number of halogens is 4. The number of alkyl halides is 3. The first-order chi connectivity index (χ1) is 16.2. The molecule has 1 N–H and O–H groups in total. The number of ether oxygens (including phenoxy) is 3. The molecule has 0 aliphatic heterocycles. The van der Waals surface area contributed by atoms with Crippen LogP contribution in [0.15, 0.2) is 60.9 Å². The van der Waals surface area contributed by atoms with Crippen LogP contribution in [-0.2, 0) is 27.1 Å². The summed E-state index contributed by atoms with van der Waals surface area (Å²) in [5.41, 5.74) is 0.300. The Morgan fingerprint density at radius 2 is 1.79 bits per heavy atom. The molecule has 0 fully saturated rings. The molecule has 0 atom stereocenters. The second kappa shape index (κ2) is 10.9. The lowest BCUT2D eigenvalue weighted by Gasteiger charge is -2.14. The molecule has 1 aromatic heterocycles. The number of anilines is 2. The smallest absolute Gasteiger partial charge is 0.433 e. The average Bonchev–Trinajstić information content (AvgIpc) is 2.82. The van der Waals surface area contributed by atoms with Crippen molar-refractivity contribution in [2.45, 2.75) is 12.8 Å². The minimum absolute atomic E-state index is 0.118. The molecule has 2 aromatic carbocycles. The molecule has 0 aliphatic carbocycles. The molecular weight excluding hydrogens is 475 g/mol. The van der Waals surface area contributed by atoms with Gasteiger partial charge in [-0.25, -0.2) is 9.78 Å². The molecule has 0 amide bonds. The van der Waals surface area contributed by atoms with Crippen molar-refractivity contribution >= 4 is 34.8 Å². The largest absolute Gasteiger partial charge is 0.503 e. The van der Waals surface area contributed by atoms with E-state index in [-0.39, 0.29) is 24.0 Å². The van der Waals surface area contributed by atoms with Gasteiger partial charge in [-0.2, -0.15) is 18.2 Å². The monoisotopic (exact) mass is 493 g/mol. The van der Waals surface area contributed by atoms with Crippen LogP contribution < -0.4 is 10.1 Å². The molecule has 0 saturated carbocycles. The maximum atomic E-state index is 13.4. The molecule has 3 aromatic rings. The van der Waals surface area contributed by atoms with Crippen molar-refractivity contribution in [3.8, 4) is 5.88 Å². The van der Waals surface area contributed by atoms with Crippen LogP contribution in [0.5, 0.6) is 5.88 Å². The molecule has 0 unspecified atom stereocenters. The molecular formula is C23H19ClF3N3O4. The summed E-state index contributed by atoms with van der Waals surface area (Å²) in [6, 6.07) is 13.6. The van der Waals surface area contributed by atoms with Gasteiger partial charge >= 0.3 is 12.1 Å². The highest BCUT2D eigenvalue weighted by Crippen LogP contribution is 2.31. The van der Waals surface area contributed by atoms with Crippen molar-refractivity contribution in [3.63, 3.8) is 0 Å². The molecule has 0 spiro atoms. The van der Waals surface area contributed by atoms with Crippen LogP contribution in [0, 0.1) is 0 Å². The Morgan fingerprint density at radius 3 is 2.44 bits per heavy atom. The van der Waals surface area contributed by atoms with E-state index in [1.54, 1.807) is 48.5 Å². The summed E-state index contributed by atoms with van der Waals surface area (Å²) in [5.74, 6) is -1.27. The Bertz CT molecular complexity index is 1180. The summed E-state index contributed by atoms with van der Waals surface area (Å²) in [6.45, 7) is -0.192. The minimum Gasteiger partial charge on any atom is -0.503 e. The van der Waals surface area contributed by atoms with Gasteiger partial charge in [0.1, 0.15) is 12.2 Å². The summed E-state index contributed by atoms with van der Waals surface area (Å²) < 4.78 is 55.6. The number of carbonyl (C=O) groups excluding carboxylic acids is 1. The quantitative estimate of drug-likeness (QED) is 0.247. The van der Waals surface area contributed by atoms with Crippen LogP contribution in [0.1, 0.15) is 16.8 Å². The van der Waals surface area contributed by atoms with E-state index in [0.29, 0.717) is 27.9 Å². The zero-order valence-electron chi connectivity index (χ0n) is 18.0. The average molecular weight is 494 g/mol. The number of aromatic nitrogens is 2. The number of carbonyl (C=O) groups is 1. The molecule has 3 rings (SSSR count). The number of nitrogens with one attached hydrogen (secondary N) is 1. The SMILES string of the molecule is CO/C=C(/C(=O)OC)c1ccccc1COc1cc(C(F)(F)F)nc(Nc2ccc(Cl)cc2)n1. The van der Waals surface area contributed by atoms with Gasteiger partial charge in [-0.05, 0) is 35.4 Å². The Kier molecular flexibility index (Phi) is 7.95. The van der Waals surface area contributed by atoms with Crippen LogP contribution in [0.3, 0.4) is 0 Å². The third-order valence-electron chi connectivity index (χ3n) is 4.42. The summed E-state index contributed by atoms with van der Waals surface area (Å²) in [6.07, 6.45) is -3.51. The van der Waals surface area contributed by atoms with Gasteiger partial charge in [-0.1, -0.05) is 35.9 Å². The molecule has 0 saturated heterocycles. The van der Waals surface area contributed by atoms with E-state index in [1.165, 1.54) is 20.5 Å². The molecule has 11 heteroatoms. The molecule has 1 heterocycles. The number of methoxy groups -OCH3 is 2. The van der Waals surface area contributed by atoms with Gasteiger partial charge < -0.3 is 19.5 Å². The number of hydrogen-bond acceptors (Lipinski definition) is 7. The first-order valence-corrected chi connectivity index (χ1v) is 10.1. The van der Waals surface area contributed by atoms with Crippen LogP contribution in [0.25, 0.3) is 5.57 Å². The standard InChI is InChI=1S/C23H19ClF3N3O4/c1-32-13-18(21(31)33-2)17-6-4-3-5-14(17)12-34-20-11-19(23(25,26)27)29-22(30-20)28-16-9-7-15(24)8-10-16/h3-11,13H,12H2,1-2H3,(H,28,29,30)/b18-13+. The van der Waals surface area contributed by atoms with Gasteiger partial charge in [0, 0.05) is 16.8 Å². The van der Waals surface area contributed by atoms with E-state index < -0.39 is 17.8 Å². The summed E-state index contributed by atoms with van der Waals surface area (Å²) >= 11 is 5.84. The second-order valence-electron chi connectivity index (χ2n) is 6.75. The van der Waals surface area contributed by atoms with Crippen LogP contribution in [0.4, 0.5) is 24.8 Å². The molecule has 0 bridgehead atoms. The number of nitrogens with zero attached hydrogens (tertiary/aromatic N) is 2. The number of benzene rings is 2. The van der Waals surface area contributed by atoms with Crippen molar-refractivity contribution in [2.24, 2.45) is 0 Å². The maximum Gasteiger partial charge on any atom is 0.433 e. The van der Waals surface area contributed by atoms with E-state index in [2.05, 4.69) is 15.3 Å². The van der Waals surface area contributed by atoms with Gasteiger partial charge in [-0.3, -0.25) is 0 Å². The third kappa shape index (κ3) is 6.38. The summed E-state index contributed by atoms with van der Waals surface area (Å²) in [5, 5.41) is 3.17. The lowest BCUT2D eigenvalue weighted by atomic mass is 10.0. The van der Waals surface area contributed by atoms with Crippen molar-refractivity contribution in [3.05, 3.63) is 82.7 Å². The highest BCUT2D eigenvalue weighted by atomic mass is 35.5. The zero-order chi connectivity index (χ0) is 24.7. The van der Waals surface area contributed by atoms with Gasteiger partial charge in [-0.15, -0.1) is 0 Å². The maximum absolute atomic E-state index is 13.4. The Labute approximate surface area is 198 Å². The lowest BCUT2D eigenvalue weighted by molar-refractivity contribution is -0.141. The fourth-order valence-corrected chi connectivity index (χ4v) is 3.00. The van der Waals surface area contributed by atoms with Crippen LogP contribution in [-0.4, -0.2) is 30.2 Å². The van der Waals surface area contributed by atoms with Gasteiger partial charge in [0.2, 0.25) is 11.8 Å². The first kappa shape index (κ1) is 24.8. The third-order valence-corrected chi connectivity index (χ3v) is 4.67. The highest BCUT2D eigenvalue weighted by Gasteiger charge is 2.34. The van der Waals surface area contributed by atoms with Crippen LogP contribution in [0.2, 0.25) is 5.02 Å². The first-order valence-electron chi connectivity index (χ1n) is 9.72. The molecule has 34 heavy (non-hydrogen) atoms. The van der Waals surface area contributed by atoms with E-state index in [4.69, 9.17) is 25.8 Å².